The number of halogens is 1. The molecule has 0 radical (unpaired) electrons. The van der Waals surface area contributed by atoms with Crippen LogP contribution >= 0.6 is 23.4 Å². The smallest absolute Gasteiger partial charge is 0.343 e. The zero-order valence-electron chi connectivity index (χ0n) is 16.9. The summed E-state index contributed by atoms with van der Waals surface area (Å²) in [6, 6.07) is 20.9. The molecule has 0 aromatic heterocycles. The second-order valence-corrected chi connectivity index (χ2v) is 8.04. The Morgan fingerprint density at radius 2 is 1.78 bits per heavy atom. The van der Waals surface area contributed by atoms with Gasteiger partial charge in [-0.15, -0.1) is 0 Å². The van der Waals surface area contributed by atoms with Crippen molar-refractivity contribution < 1.29 is 19.1 Å². The third-order valence-corrected chi connectivity index (χ3v) is 5.65. The highest BCUT2D eigenvalue weighted by molar-refractivity contribution is 8.18. The first kappa shape index (κ1) is 21.7. The average molecular weight is 465 g/mol. The molecule has 160 valence electrons. The molecule has 0 saturated carbocycles. The minimum atomic E-state index is -0.485. The highest BCUT2D eigenvalue weighted by Crippen LogP contribution is 2.33. The largest absolute Gasteiger partial charge is 0.493 e. The number of hydrogen-bond acceptors (Lipinski definition) is 6. The molecule has 1 heterocycles. The number of hydrogen-bond donors (Lipinski definition) is 1. The van der Waals surface area contributed by atoms with Gasteiger partial charge in [0.25, 0.3) is 5.91 Å². The number of amides is 1. The molecule has 4 rings (SSSR count). The summed E-state index contributed by atoms with van der Waals surface area (Å²) in [5.74, 6) is -0.0921. The molecule has 0 bridgehead atoms. The van der Waals surface area contributed by atoms with Gasteiger partial charge in [0.05, 0.1) is 28.3 Å². The number of rotatable bonds is 5. The summed E-state index contributed by atoms with van der Waals surface area (Å²) in [7, 11) is 1.48. The van der Waals surface area contributed by atoms with Crippen molar-refractivity contribution in [3.05, 3.63) is 93.9 Å². The van der Waals surface area contributed by atoms with E-state index < -0.39 is 5.97 Å². The van der Waals surface area contributed by atoms with Crippen molar-refractivity contribution in [1.82, 2.24) is 5.32 Å². The van der Waals surface area contributed by atoms with Crippen LogP contribution in [-0.4, -0.2) is 24.2 Å². The van der Waals surface area contributed by atoms with E-state index in [-0.39, 0.29) is 11.7 Å². The lowest BCUT2D eigenvalue weighted by Gasteiger charge is -2.10. The topological polar surface area (TPSA) is 77.0 Å². The molecule has 32 heavy (non-hydrogen) atoms. The maximum atomic E-state index is 12.4. The number of amidine groups is 1. The number of benzene rings is 3. The zero-order valence-corrected chi connectivity index (χ0v) is 18.4. The van der Waals surface area contributed by atoms with Crippen molar-refractivity contribution in [1.29, 1.82) is 0 Å². The first-order chi connectivity index (χ1) is 15.5. The summed E-state index contributed by atoms with van der Waals surface area (Å²) < 4.78 is 10.8. The van der Waals surface area contributed by atoms with Crippen LogP contribution in [0.15, 0.2) is 82.7 Å². The van der Waals surface area contributed by atoms with Crippen LogP contribution in [0.2, 0.25) is 5.02 Å². The van der Waals surface area contributed by atoms with Gasteiger partial charge in [0.15, 0.2) is 16.7 Å². The van der Waals surface area contributed by atoms with Gasteiger partial charge < -0.3 is 14.8 Å². The van der Waals surface area contributed by atoms with Gasteiger partial charge in [-0.05, 0) is 59.8 Å². The highest BCUT2D eigenvalue weighted by atomic mass is 35.5. The molecule has 3 aromatic rings. The number of thioether (sulfide) groups is 1. The third-order valence-electron chi connectivity index (χ3n) is 4.42. The zero-order chi connectivity index (χ0) is 22.5. The number of nitrogens with zero attached hydrogens (tertiary/aromatic N) is 1. The molecule has 1 saturated heterocycles. The standard InChI is InChI=1S/C24H17ClN2O4S/c1-30-20-13-15(11-12-19(20)31-23(29)16-7-3-2-4-8-16)14-21-22(28)27-24(32-21)26-18-10-6-5-9-17(18)25/h2-14H,1H3,(H,26,27,28). The number of esters is 1. The highest BCUT2D eigenvalue weighted by Gasteiger charge is 2.24. The summed E-state index contributed by atoms with van der Waals surface area (Å²) >= 11 is 7.34. The van der Waals surface area contributed by atoms with Crippen molar-refractivity contribution in [2.75, 3.05) is 7.11 Å². The molecular weight excluding hydrogens is 448 g/mol. The van der Waals surface area contributed by atoms with Crippen LogP contribution in [-0.2, 0) is 4.79 Å². The van der Waals surface area contributed by atoms with E-state index in [4.69, 9.17) is 21.1 Å². The molecule has 0 spiro atoms. The SMILES string of the molecule is COc1cc(C=C2SC(=Nc3ccccc3Cl)NC2=O)ccc1OC(=O)c1ccccc1. The van der Waals surface area contributed by atoms with Gasteiger partial charge in [-0.3, -0.25) is 4.79 Å². The lowest BCUT2D eigenvalue weighted by Crippen LogP contribution is -2.19. The lowest BCUT2D eigenvalue weighted by molar-refractivity contribution is -0.115. The van der Waals surface area contributed by atoms with E-state index in [1.54, 1.807) is 60.7 Å². The number of para-hydroxylation sites is 1. The molecule has 3 aromatic carbocycles. The third kappa shape index (κ3) is 5.01. The number of nitrogens with one attached hydrogen (secondary N) is 1. The van der Waals surface area contributed by atoms with E-state index >= 15 is 0 Å². The summed E-state index contributed by atoms with van der Waals surface area (Å²) in [5, 5.41) is 3.67. The Morgan fingerprint density at radius 1 is 1.03 bits per heavy atom. The Morgan fingerprint density at radius 3 is 2.53 bits per heavy atom. The van der Waals surface area contributed by atoms with Crippen molar-refractivity contribution >= 4 is 52.2 Å². The Balaban J connectivity index is 1.53. The Bertz CT molecular complexity index is 1240. The van der Waals surface area contributed by atoms with Crippen LogP contribution in [0.3, 0.4) is 0 Å². The van der Waals surface area contributed by atoms with E-state index in [0.717, 1.165) is 0 Å². The fraction of sp³-hybridized carbons (Fsp3) is 0.0417. The first-order valence-electron chi connectivity index (χ1n) is 9.53. The van der Waals surface area contributed by atoms with Crippen molar-refractivity contribution in [2.24, 2.45) is 4.99 Å². The summed E-state index contributed by atoms with van der Waals surface area (Å²) in [4.78, 5) is 29.6. The molecule has 1 amide bonds. The van der Waals surface area contributed by atoms with Crippen LogP contribution in [0, 0.1) is 0 Å². The van der Waals surface area contributed by atoms with Gasteiger partial charge in [0.1, 0.15) is 0 Å². The quantitative estimate of drug-likeness (QED) is 0.308. The van der Waals surface area contributed by atoms with E-state index in [2.05, 4.69) is 10.3 Å². The van der Waals surface area contributed by atoms with Crippen LogP contribution in [0.4, 0.5) is 5.69 Å². The Labute approximate surface area is 193 Å². The predicted molar refractivity (Wildman–Crippen MR) is 127 cm³/mol. The van der Waals surface area contributed by atoms with E-state index in [0.29, 0.717) is 37.7 Å². The molecule has 1 fully saturated rings. The second-order valence-electron chi connectivity index (χ2n) is 6.60. The molecular formula is C24H17ClN2O4S. The normalized spacial score (nSPS) is 15.6. The Kier molecular flexibility index (Phi) is 6.58. The molecule has 1 N–H and O–H groups in total. The van der Waals surface area contributed by atoms with Gasteiger partial charge >= 0.3 is 5.97 Å². The predicted octanol–water partition coefficient (Wildman–Crippen LogP) is 5.46. The van der Waals surface area contributed by atoms with Crippen molar-refractivity contribution in [3.63, 3.8) is 0 Å². The molecule has 0 aliphatic carbocycles. The van der Waals surface area contributed by atoms with E-state index in [1.165, 1.54) is 18.9 Å². The fourth-order valence-corrected chi connectivity index (χ4v) is 3.89. The molecule has 0 atom stereocenters. The summed E-state index contributed by atoms with van der Waals surface area (Å²) in [6.45, 7) is 0. The number of carbonyl (C=O) groups excluding carboxylic acids is 2. The second kappa shape index (κ2) is 9.72. The van der Waals surface area contributed by atoms with Crippen LogP contribution in [0.1, 0.15) is 15.9 Å². The number of methoxy groups -OCH3 is 1. The van der Waals surface area contributed by atoms with Crippen LogP contribution in [0.25, 0.3) is 6.08 Å². The average Bonchev–Trinajstić information content (AvgIpc) is 3.15. The summed E-state index contributed by atoms with van der Waals surface area (Å²) in [6.07, 6.45) is 1.71. The van der Waals surface area contributed by atoms with Crippen LogP contribution < -0.4 is 14.8 Å². The van der Waals surface area contributed by atoms with Crippen molar-refractivity contribution in [2.45, 2.75) is 0 Å². The summed E-state index contributed by atoms with van der Waals surface area (Å²) in [5.41, 5.74) is 1.72. The van der Waals surface area contributed by atoms with Gasteiger partial charge in [0, 0.05) is 0 Å². The first-order valence-corrected chi connectivity index (χ1v) is 10.7. The molecule has 6 nitrogen and oxygen atoms in total. The van der Waals surface area contributed by atoms with Gasteiger partial charge in [-0.25, -0.2) is 9.79 Å². The minimum Gasteiger partial charge on any atom is -0.493 e. The Hall–Kier alpha value is -3.55. The maximum absolute atomic E-state index is 12.4. The van der Waals surface area contributed by atoms with Gasteiger partial charge in [-0.1, -0.05) is 48.0 Å². The number of aliphatic imine (C=N–C) groups is 1. The lowest BCUT2D eigenvalue weighted by atomic mass is 10.2. The number of carbonyl (C=O) groups is 2. The minimum absolute atomic E-state index is 0.264. The van der Waals surface area contributed by atoms with E-state index in [9.17, 15) is 9.59 Å². The van der Waals surface area contributed by atoms with Crippen molar-refractivity contribution in [3.8, 4) is 11.5 Å². The van der Waals surface area contributed by atoms with E-state index in [1.807, 2.05) is 18.2 Å². The molecule has 0 unspecified atom stereocenters. The maximum Gasteiger partial charge on any atom is 0.343 e. The number of ether oxygens (including phenoxy) is 2. The molecule has 1 aliphatic heterocycles. The molecule has 8 heteroatoms. The fourth-order valence-electron chi connectivity index (χ4n) is 2.88. The van der Waals surface area contributed by atoms with Gasteiger partial charge in [-0.2, -0.15) is 0 Å². The molecule has 1 aliphatic rings. The van der Waals surface area contributed by atoms with Gasteiger partial charge in [0.2, 0.25) is 0 Å². The monoisotopic (exact) mass is 464 g/mol. The van der Waals surface area contributed by atoms with Crippen LogP contribution in [0.5, 0.6) is 11.5 Å².